The lowest BCUT2D eigenvalue weighted by atomic mass is 9.75. The van der Waals surface area contributed by atoms with Crippen molar-refractivity contribution in [3.8, 4) is 34.5 Å². The number of methoxy groups -OCH3 is 3. The molecule has 2 aromatic carbocycles. The molecular formula is C23H28O7. The van der Waals surface area contributed by atoms with Gasteiger partial charge in [0.05, 0.1) is 21.3 Å². The fraction of sp³-hybridized carbons (Fsp3) is 0.478. The summed E-state index contributed by atoms with van der Waals surface area (Å²) in [5.41, 5.74) is 2.00. The van der Waals surface area contributed by atoms with Crippen LogP contribution in [0.25, 0.3) is 0 Å². The largest absolute Gasteiger partial charge is 0.493 e. The molecule has 0 bridgehead atoms. The highest BCUT2D eigenvalue weighted by molar-refractivity contribution is 5.60. The first-order valence-corrected chi connectivity index (χ1v) is 10.0. The van der Waals surface area contributed by atoms with Crippen LogP contribution in [0.4, 0.5) is 0 Å². The zero-order chi connectivity index (χ0) is 21.5. The highest BCUT2D eigenvalue weighted by Crippen LogP contribution is 2.54. The molecule has 3 atom stereocenters. The predicted octanol–water partition coefficient (Wildman–Crippen LogP) is 4.35. The van der Waals surface area contributed by atoms with Gasteiger partial charge in [-0.25, -0.2) is 0 Å². The van der Waals surface area contributed by atoms with Crippen molar-refractivity contribution >= 4 is 0 Å². The standard InChI is InChI=1S/C23H28O7/c1-7-29-23(3)13(2)21(14-8-19(24-4)22(26-6)20(9-14)25-5)15-10-17-18(28-12-27-17)11-16(15)30-23/h8-11,13,21H,7,12H2,1-6H3/t13-,21+,23-/m0/s1. The maximum Gasteiger partial charge on any atom is 0.231 e. The van der Waals surface area contributed by atoms with E-state index in [2.05, 4.69) is 6.92 Å². The second-order valence-corrected chi connectivity index (χ2v) is 7.52. The Bertz CT molecular complexity index is 916. The Morgan fingerprint density at radius 2 is 1.57 bits per heavy atom. The molecule has 0 saturated carbocycles. The molecule has 0 fully saturated rings. The fourth-order valence-electron chi connectivity index (χ4n) is 4.35. The summed E-state index contributed by atoms with van der Waals surface area (Å²) in [5.74, 6) is 2.96. The predicted molar refractivity (Wildman–Crippen MR) is 110 cm³/mol. The molecule has 2 aliphatic heterocycles. The van der Waals surface area contributed by atoms with Gasteiger partial charge < -0.3 is 33.2 Å². The van der Waals surface area contributed by atoms with Crippen LogP contribution in [-0.4, -0.2) is 40.5 Å². The van der Waals surface area contributed by atoms with Gasteiger partial charge in [-0.3, -0.25) is 0 Å². The zero-order valence-corrected chi connectivity index (χ0v) is 18.2. The normalized spacial score (nSPS) is 24.1. The van der Waals surface area contributed by atoms with Crippen molar-refractivity contribution in [2.45, 2.75) is 32.5 Å². The average molecular weight is 416 g/mol. The zero-order valence-electron chi connectivity index (χ0n) is 18.2. The Balaban J connectivity index is 1.92. The molecule has 0 saturated heterocycles. The van der Waals surface area contributed by atoms with Crippen LogP contribution >= 0.6 is 0 Å². The number of benzene rings is 2. The van der Waals surface area contributed by atoms with E-state index in [1.54, 1.807) is 21.3 Å². The van der Waals surface area contributed by atoms with Gasteiger partial charge in [0.1, 0.15) is 5.75 Å². The van der Waals surface area contributed by atoms with Crippen molar-refractivity contribution < 1.29 is 33.2 Å². The van der Waals surface area contributed by atoms with E-state index in [9.17, 15) is 0 Å². The number of fused-ring (bicyclic) bond motifs is 2. The number of hydrogen-bond acceptors (Lipinski definition) is 7. The quantitative estimate of drug-likeness (QED) is 0.693. The van der Waals surface area contributed by atoms with Crippen molar-refractivity contribution in [1.29, 1.82) is 0 Å². The van der Waals surface area contributed by atoms with Crippen LogP contribution in [0.5, 0.6) is 34.5 Å². The van der Waals surface area contributed by atoms with Crippen molar-refractivity contribution in [2.75, 3.05) is 34.7 Å². The van der Waals surface area contributed by atoms with E-state index in [-0.39, 0.29) is 18.6 Å². The Labute approximate surface area is 176 Å². The van der Waals surface area contributed by atoms with Gasteiger partial charge in [-0.05, 0) is 30.7 Å². The van der Waals surface area contributed by atoms with Crippen molar-refractivity contribution in [3.63, 3.8) is 0 Å². The molecule has 7 nitrogen and oxygen atoms in total. The number of rotatable bonds is 6. The van der Waals surface area contributed by atoms with Gasteiger partial charge in [0.15, 0.2) is 23.0 Å². The first-order valence-electron chi connectivity index (χ1n) is 10.0. The first kappa shape index (κ1) is 20.5. The summed E-state index contributed by atoms with van der Waals surface area (Å²) in [6.45, 7) is 6.79. The smallest absolute Gasteiger partial charge is 0.231 e. The lowest BCUT2D eigenvalue weighted by Crippen LogP contribution is -2.48. The minimum atomic E-state index is -0.819. The van der Waals surface area contributed by atoms with Gasteiger partial charge in [-0.15, -0.1) is 0 Å². The van der Waals surface area contributed by atoms with E-state index < -0.39 is 5.79 Å². The maximum absolute atomic E-state index is 6.36. The number of hydrogen-bond donors (Lipinski definition) is 0. The minimum Gasteiger partial charge on any atom is -0.493 e. The Kier molecular flexibility index (Phi) is 5.32. The third-order valence-electron chi connectivity index (χ3n) is 5.96. The van der Waals surface area contributed by atoms with E-state index in [0.29, 0.717) is 41.1 Å². The molecule has 4 rings (SSSR count). The summed E-state index contributed by atoms with van der Waals surface area (Å²) < 4.78 is 40.3. The second kappa shape index (κ2) is 7.80. The van der Waals surface area contributed by atoms with Crippen LogP contribution in [0.2, 0.25) is 0 Å². The summed E-state index contributed by atoms with van der Waals surface area (Å²) in [6.07, 6.45) is 0. The lowest BCUT2D eigenvalue weighted by Gasteiger charge is -2.45. The van der Waals surface area contributed by atoms with Crippen molar-refractivity contribution in [2.24, 2.45) is 5.92 Å². The highest BCUT2D eigenvalue weighted by Gasteiger charge is 2.47. The molecule has 2 aliphatic rings. The van der Waals surface area contributed by atoms with Crippen LogP contribution < -0.4 is 28.4 Å². The van der Waals surface area contributed by atoms with Crippen LogP contribution in [0.1, 0.15) is 37.8 Å². The molecule has 0 spiro atoms. The summed E-state index contributed by atoms with van der Waals surface area (Å²) in [7, 11) is 4.83. The minimum absolute atomic E-state index is 0.0203. The molecule has 0 amide bonds. The van der Waals surface area contributed by atoms with E-state index in [1.165, 1.54) is 0 Å². The van der Waals surface area contributed by atoms with E-state index in [0.717, 1.165) is 11.1 Å². The maximum atomic E-state index is 6.36. The highest BCUT2D eigenvalue weighted by atomic mass is 16.7. The first-order chi connectivity index (χ1) is 14.5. The summed E-state index contributed by atoms with van der Waals surface area (Å²) in [5, 5.41) is 0. The summed E-state index contributed by atoms with van der Waals surface area (Å²) in [4.78, 5) is 0. The SMILES string of the molecule is CCO[C@@]1(C)Oc2cc3c(cc2[C@@H](c2cc(OC)c(OC)c(OC)c2)[C@@H]1C)OCO3. The molecule has 2 heterocycles. The molecule has 2 aromatic rings. The van der Waals surface area contributed by atoms with E-state index in [1.807, 2.05) is 38.1 Å². The van der Waals surface area contributed by atoms with Gasteiger partial charge in [0.25, 0.3) is 0 Å². The van der Waals surface area contributed by atoms with Gasteiger partial charge in [-0.2, -0.15) is 0 Å². The summed E-state index contributed by atoms with van der Waals surface area (Å²) in [6, 6.07) is 7.84. The van der Waals surface area contributed by atoms with Gasteiger partial charge in [0.2, 0.25) is 18.3 Å². The van der Waals surface area contributed by atoms with Gasteiger partial charge in [0, 0.05) is 37.0 Å². The Morgan fingerprint density at radius 1 is 0.933 bits per heavy atom. The molecule has 0 aromatic heterocycles. The Morgan fingerprint density at radius 3 is 2.13 bits per heavy atom. The molecule has 7 heteroatoms. The van der Waals surface area contributed by atoms with E-state index in [4.69, 9.17) is 33.2 Å². The third-order valence-corrected chi connectivity index (χ3v) is 5.96. The monoisotopic (exact) mass is 416 g/mol. The average Bonchev–Trinajstić information content (AvgIpc) is 3.19. The molecule has 162 valence electrons. The van der Waals surface area contributed by atoms with Crippen molar-refractivity contribution in [3.05, 3.63) is 35.4 Å². The van der Waals surface area contributed by atoms with Crippen LogP contribution in [0.15, 0.2) is 24.3 Å². The number of ether oxygens (including phenoxy) is 7. The topological polar surface area (TPSA) is 64.6 Å². The summed E-state index contributed by atoms with van der Waals surface area (Å²) >= 11 is 0. The third kappa shape index (κ3) is 3.17. The molecule has 0 N–H and O–H groups in total. The fourth-order valence-corrected chi connectivity index (χ4v) is 4.35. The molecular weight excluding hydrogens is 388 g/mol. The van der Waals surface area contributed by atoms with E-state index >= 15 is 0 Å². The van der Waals surface area contributed by atoms with Crippen molar-refractivity contribution in [1.82, 2.24) is 0 Å². The van der Waals surface area contributed by atoms with Gasteiger partial charge in [-0.1, -0.05) is 6.92 Å². The van der Waals surface area contributed by atoms with Crippen LogP contribution in [0, 0.1) is 5.92 Å². The Hall–Kier alpha value is -2.80. The second-order valence-electron chi connectivity index (χ2n) is 7.52. The molecule has 30 heavy (non-hydrogen) atoms. The van der Waals surface area contributed by atoms with Crippen LogP contribution in [0.3, 0.4) is 0 Å². The van der Waals surface area contributed by atoms with Crippen LogP contribution in [-0.2, 0) is 4.74 Å². The molecule has 0 unspecified atom stereocenters. The van der Waals surface area contributed by atoms with Gasteiger partial charge >= 0.3 is 0 Å². The molecule has 0 aliphatic carbocycles. The lowest BCUT2D eigenvalue weighted by molar-refractivity contribution is -0.209. The molecule has 0 radical (unpaired) electrons.